The summed E-state index contributed by atoms with van der Waals surface area (Å²) >= 11 is 0. The quantitative estimate of drug-likeness (QED) is 0.812. The van der Waals surface area contributed by atoms with Crippen LogP contribution in [-0.2, 0) is 4.79 Å². The molecule has 1 heterocycles. The fourth-order valence-corrected chi connectivity index (χ4v) is 2.21. The van der Waals surface area contributed by atoms with Crippen LogP contribution in [0.3, 0.4) is 0 Å². The van der Waals surface area contributed by atoms with Crippen LogP contribution >= 0.6 is 0 Å². The van der Waals surface area contributed by atoms with Gasteiger partial charge in [-0.3, -0.25) is 4.79 Å². The van der Waals surface area contributed by atoms with Gasteiger partial charge in [0, 0.05) is 11.6 Å². The average Bonchev–Trinajstić information content (AvgIpc) is 2.54. The summed E-state index contributed by atoms with van der Waals surface area (Å²) in [5.41, 5.74) is 1.69. The minimum absolute atomic E-state index is 0.161. The Balaban J connectivity index is 0.000000241. The van der Waals surface area contributed by atoms with E-state index >= 15 is 0 Å². The Morgan fingerprint density at radius 2 is 2.09 bits per heavy atom. The summed E-state index contributed by atoms with van der Waals surface area (Å²) in [6.07, 6.45) is 5.84. The molecule has 1 unspecified atom stereocenters. The third-order valence-electron chi connectivity index (χ3n) is 3.69. The van der Waals surface area contributed by atoms with Crippen molar-refractivity contribution >= 4 is 16.7 Å². The Morgan fingerprint density at radius 1 is 1.35 bits per heavy atom. The van der Waals surface area contributed by atoms with E-state index in [0.717, 1.165) is 36.5 Å². The number of carboxylic acids is 1. The highest BCUT2D eigenvalue weighted by molar-refractivity contribution is 5.86. The highest BCUT2D eigenvalue weighted by Crippen LogP contribution is 2.17. The Bertz CT molecular complexity index is 689. The third-order valence-corrected chi connectivity index (χ3v) is 3.69. The molecule has 4 heteroatoms. The van der Waals surface area contributed by atoms with Gasteiger partial charge in [-0.1, -0.05) is 56.9 Å². The molecule has 2 rings (SSSR count). The van der Waals surface area contributed by atoms with Gasteiger partial charge in [0.25, 0.3) is 0 Å². The number of benzene rings is 1. The molecule has 0 aliphatic heterocycles. The summed E-state index contributed by atoms with van der Waals surface area (Å²) in [5, 5.41) is 19.3. The van der Waals surface area contributed by atoms with E-state index in [4.69, 9.17) is 10.4 Å². The van der Waals surface area contributed by atoms with Crippen LogP contribution in [0.4, 0.5) is 0 Å². The van der Waals surface area contributed by atoms with Crippen LogP contribution in [0, 0.1) is 24.2 Å². The minimum Gasteiger partial charge on any atom is -0.481 e. The number of unbranched alkanes of at least 4 members (excludes halogenated alkanes) is 2. The van der Waals surface area contributed by atoms with Gasteiger partial charge in [0.05, 0.1) is 5.92 Å². The SMILES string of the molecule is CCCCCC(C)C(=O)O.Cc1ccc2c(C#N)nccc2c1. The molecule has 4 nitrogen and oxygen atoms in total. The van der Waals surface area contributed by atoms with Gasteiger partial charge in [-0.05, 0) is 24.8 Å². The molecule has 0 radical (unpaired) electrons. The highest BCUT2D eigenvalue weighted by Gasteiger charge is 2.08. The van der Waals surface area contributed by atoms with Gasteiger partial charge in [-0.25, -0.2) is 4.98 Å². The lowest BCUT2D eigenvalue weighted by atomic mass is 10.0. The Kier molecular flexibility index (Phi) is 7.76. The van der Waals surface area contributed by atoms with Gasteiger partial charge >= 0.3 is 5.97 Å². The zero-order chi connectivity index (χ0) is 17.2. The van der Waals surface area contributed by atoms with Crippen molar-refractivity contribution in [1.82, 2.24) is 4.98 Å². The van der Waals surface area contributed by atoms with E-state index in [9.17, 15) is 4.79 Å². The van der Waals surface area contributed by atoms with Crippen LogP contribution in [0.5, 0.6) is 0 Å². The molecule has 1 aromatic heterocycles. The minimum atomic E-state index is -0.670. The van der Waals surface area contributed by atoms with Crippen molar-refractivity contribution in [3.63, 3.8) is 0 Å². The summed E-state index contributed by atoms with van der Waals surface area (Å²) in [7, 11) is 0. The number of nitriles is 1. The number of hydrogen-bond donors (Lipinski definition) is 1. The zero-order valence-corrected chi connectivity index (χ0v) is 14.0. The third kappa shape index (κ3) is 6.07. The van der Waals surface area contributed by atoms with Crippen molar-refractivity contribution in [2.45, 2.75) is 46.5 Å². The van der Waals surface area contributed by atoms with E-state index < -0.39 is 5.97 Å². The van der Waals surface area contributed by atoms with Gasteiger partial charge in [0.15, 0.2) is 0 Å². The topological polar surface area (TPSA) is 74.0 Å². The lowest BCUT2D eigenvalue weighted by Crippen LogP contribution is -2.08. The first-order valence-corrected chi connectivity index (χ1v) is 7.97. The maximum Gasteiger partial charge on any atom is 0.306 e. The van der Waals surface area contributed by atoms with E-state index in [0.29, 0.717) is 5.69 Å². The number of pyridine rings is 1. The molecule has 0 bridgehead atoms. The largest absolute Gasteiger partial charge is 0.481 e. The smallest absolute Gasteiger partial charge is 0.306 e. The number of carboxylic acid groups (broad SMARTS) is 1. The highest BCUT2D eigenvalue weighted by atomic mass is 16.4. The summed E-state index contributed by atoms with van der Waals surface area (Å²) in [4.78, 5) is 14.3. The molecule has 23 heavy (non-hydrogen) atoms. The van der Waals surface area contributed by atoms with E-state index in [1.165, 1.54) is 5.56 Å². The normalized spacial score (nSPS) is 11.2. The number of aromatic nitrogens is 1. The molecule has 0 saturated carbocycles. The maximum absolute atomic E-state index is 10.3. The maximum atomic E-state index is 10.3. The van der Waals surface area contributed by atoms with Crippen molar-refractivity contribution in [1.29, 1.82) is 5.26 Å². The average molecular weight is 312 g/mol. The van der Waals surface area contributed by atoms with E-state index in [2.05, 4.69) is 24.0 Å². The second kappa shape index (κ2) is 9.58. The van der Waals surface area contributed by atoms with Crippen LogP contribution in [-0.4, -0.2) is 16.1 Å². The van der Waals surface area contributed by atoms with Crippen molar-refractivity contribution in [2.75, 3.05) is 0 Å². The van der Waals surface area contributed by atoms with Crippen molar-refractivity contribution in [3.05, 3.63) is 41.7 Å². The van der Waals surface area contributed by atoms with Crippen molar-refractivity contribution in [3.8, 4) is 6.07 Å². The van der Waals surface area contributed by atoms with Crippen LogP contribution in [0.25, 0.3) is 10.8 Å². The molecule has 2 aromatic rings. The van der Waals surface area contributed by atoms with Gasteiger partial charge in [-0.2, -0.15) is 5.26 Å². The van der Waals surface area contributed by atoms with Crippen LogP contribution in [0.1, 0.15) is 50.8 Å². The number of fused-ring (bicyclic) bond motifs is 1. The molecule has 0 amide bonds. The lowest BCUT2D eigenvalue weighted by molar-refractivity contribution is -0.141. The monoisotopic (exact) mass is 312 g/mol. The number of carbonyl (C=O) groups is 1. The molecule has 0 fully saturated rings. The number of nitrogens with zero attached hydrogens (tertiary/aromatic N) is 2. The fraction of sp³-hybridized carbons (Fsp3) is 0.421. The van der Waals surface area contributed by atoms with Crippen LogP contribution in [0.2, 0.25) is 0 Å². The second-order valence-electron chi connectivity index (χ2n) is 5.73. The molecular formula is C19H24N2O2. The van der Waals surface area contributed by atoms with Gasteiger partial charge in [-0.15, -0.1) is 0 Å². The van der Waals surface area contributed by atoms with E-state index in [1.807, 2.05) is 25.1 Å². The number of aliphatic carboxylic acids is 1. The van der Waals surface area contributed by atoms with Gasteiger partial charge in [0.2, 0.25) is 0 Å². The number of aryl methyl sites for hydroxylation is 1. The molecule has 122 valence electrons. The summed E-state index contributed by atoms with van der Waals surface area (Å²) in [5.74, 6) is -0.831. The first kappa shape index (κ1) is 18.6. The molecule has 0 aliphatic rings. The van der Waals surface area contributed by atoms with Gasteiger partial charge < -0.3 is 5.11 Å². The first-order valence-electron chi connectivity index (χ1n) is 7.97. The zero-order valence-electron chi connectivity index (χ0n) is 14.0. The van der Waals surface area contributed by atoms with Crippen LogP contribution < -0.4 is 0 Å². The Morgan fingerprint density at radius 3 is 2.70 bits per heavy atom. The molecule has 1 N–H and O–H groups in total. The fourth-order valence-electron chi connectivity index (χ4n) is 2.21. The lowest BCUT2D eigenvalue weighted by Gasteiger charge is -2.03. The summed E-state index contributed by atoms with van der Waals surface area (Å²) in [6.45, 7) is 5.91. The van der Waals surface area contributed by atoms with E-state index in [1.54, 1.807) is 13.1 Å². The van der Waals surface area contributed by atoms with Crippen molar-refractivity contribution < 1.29 is 9.90 Å². The standard InChI is InChI=1S/C11H8N2.C8H16O2/c1-8-2-3-10-9(6-8)4-5-13-11(10)7-12;1-3-4-5-6-7(2)8(9)10/h2-6H,1H3;7H,3-6H2,1-2H3,(H,9,10). The Labute approximate surface area is 137 Å². The summed E-state index contributed by atoms with van der Waals surface area (Å²) < 4.78 is 0. The number of hydrogen-bond acceptors (Lipinski definition) is 3. The van der Waals surface area contributed by atoms with Gasteiger partial charge in [0.1, 0.15) is 11.8 Å². The molecule has 1 aromatic carbocycles. The van der Waals surface area contributed by atoms with Crippen LogP contribution in [0.15, 0.2) is 30.5 Å². The summed E-state index contributed by atoms with van der Waals surface area (Å²) in [6, 6.07) is 9.98. The molecule has 0 aliphatic carbocycles. The predicted molar refractivity (Wildman–Crippen MR) is 92.1 cm³/mol. The van der Waals surface area contributed by atoms with E-state index in [-0.39, 0.29) is 5.92 Å². The molecule has 1 atom stereocenters. The molecular weight excluding hydrogens is 288 g/mol. The first-order chi connectivity index (χ1) is 11.0. The predicted octanol–water partition coefficient (Wildman–Crippen LogP) is 4.70. The molecule has 0 spiro atoms. The Hall–Kier alpha value is -2.41. The molecule has 0 saturated heterocycles. The van der Waals surface area contributed by atoms with Crippen molar-refractivity contribution in [2.24, 2.45) is 5.92 Å². The number of rotatable bonds is 5. The second-order valence-corrected chi connectivity index (χ2v) is 5.73.